The molecule has 0 amide bonds. The summed E-state index contributed by atoms with van der Waals surface area (Å²) >= 11 is 0. The van der Waals surface area contributed by atoms with Gasteiger partial charge in [0.25, 0.3) is 0 Å². The number of para-hydroxylation sites is 1. The smallest absolute Gasteiger partial charge is 0.239 e. The third-order valence-corrected chi connectivity index (χ3v) is 5.35. The van der Waals surface area contributed by atoms with Crippen molar-refractivity contribution in [3.8, 4) is 5.69 Å². The van der Waals surface area contributed by atoms with Crippen molar-refractivity contribution in [1.82, 2.24) is 4.98 Å². The standard InChI is InChI=1S/C28H21N4/c1-3-20-8-7-9-21(16-20)19-30-23-13-15-26-28(18-23)32(24-10-5-4-6-11-24)27-17-22(29-2)12-14-25(27)31-26/h3-19H,1-2H2/q+1. The van der Waals surface area contributed by atoms with Crippen LogP contribution in [-0.4, -0.2) is 17.9 Å². The third kappa shape index (κ3) is 3.70. The van der Waals surface area contributed by atoms with Gasteiger partial charge in [-0.3, -0.25) is 9.98 Å². The minimum atomic E-state index is 0.805. The van der Waals surface area contributed by atoms with E-state index < -0.39 is 0 Å². The monoisotopic (exact) mass is 413 g/mol. The summed E-state index contributed by atoms with van der Waals surface area (Å²) in [5, 5.41) is 0. The van der Waals surface area contributed by atoms with Gasteiger partial charge in [-0.2, -0.15) is 0 Å². The van der Waals surface area contributed by atoms with E-state index in [0.29, 0.717) is 0 Å². The molecule has 0 fully saturated rings. The quantitative estimate of drug-likeness (QED) is 0.187. The van der Waals surface area contributed by atoms with Gasteiger partial charge in [-0.15, -0.1) is 4.57 Å². The lowest BCUT2D eigenvalue weighted by Gasteiger charge is -2.06. The highest BCUT2D eigenvalue weighted by Crippen LogP contribution is 2.24. The van der Waals surface area contributed by atoms with Crippen molar-refractivity contribution in [2.75, 3.05) is 0 Å². The molecule has 0 aliphatic heterocycles. The summed E-state index contributed by atoms with van der Waals surface area (Å²) in [5.74, 6) is 0. The van der Waals surface area contributed by atoms with Gasteiger partial charge < -0.3 is 0 Å². The second kappa shape index (κ2) is 8.36. The summed E-state index contributed by atoms with van der Waals surface area (Å²) in [6, 6.07) is 30.4. The number of nitrogens with zero attached hydrogens (tertiary/aromatic N) is 4. The molecule has 0 radical (unpaired) electrons. The maximum Gasteiger partial charge on any atom is 0.239 e. The molecule has 0 saturated heterocycles. The highest BCUT2D eigenvalue weighted by Gasteiger charge is 2.20. The van der Waals surface area contributed by atoms with Crippen LogP contribution in [0.4, 0.5) is 11.4 Å². The Morgan fingerprint density at radius 1 is 0.719 bits per heavy atom. The van der Waals surface area contributed by atoms with Crippen molar-refractivity contribution in [2.45, 2.75) is 0 Å². The van der Waals surface area contributed by atoms with E-state index in [-0.39, 0.29) is 0 Å². The normalized spacial score (nSPS) is 11.2. The minimum Gasteiger partial charge on any atom is -0.264 e. The van der Waals surface area contributed by atoms with Gasteiger partial charge in [0.2, 0.25) is 16.7 Å². The molecule has 152 valence electrons. The van der Waals surface area contributed by atoms with Crippen molar-refractivity contribution in [3.63, 3.8) is 0 Å². The molecule has 32 heavy (non-hydrogen) atoms. The fourth-order valence-corrected chi connectivity index (χ4v) is 3.78. The zero-order chi connectivity index (χ0) is 21.9. The molecule has 4 nitrogen and oxygen atoms in total. The summed E-state index contributed by atoms with van der Waals surface area (Å²) in [6.07, 6.45) is 3.70. The zero-order valence-electron chi connectivity index (χ0n) is 17.5. The molecule has 0 saturated carbocycles. The lowest BCUT2D eigenvalue weighted by atomic mass is 10.1. The summed E-state index contributed by atoms with van der Waals surface area (Å²) in [6.45, 7) is 7.51. The van der Waals surface area contributed by atoms with Crippen LogP contribution in [0, 0.1) is 0 Å². The lowest BCUT2D eigenvalue weighted by molar-refractivity contribution is -0.538. The van der Waals surface area contributed by atoms with Crippen LogP contribution in [-0.2, 0) is 0 Å². The van der Waals surface area contributed by atoms with Crippen LogP contribution in [0.15, 0.2) is 108 Å². The van der Waals surface area contributed by atoms with Gasteiger partial charge in [0.1, 0.15) is 11.0 Å². The number of aromatic nitrogens is 2. The van der Waals surface area contributed by atoms with Crippen LogP contribution in [0.1, 0.15) is 11.1 Å². The fraction of sp³-hybridized carbons (Fsp3) is 0. The molecule has 0 N–H and O–H groups in total. The Morgan fingerprint density at radius 2 is 1.41 bits per heavy atom. The molecular weight excluding hydrogens is 392 g/mol. The van der Waals surface area contributed by atoms with Gasteiger partial charge in [-0.25, -0.2) is 4.98 Å². The molecule has 1 aromatic heterocycles. The largest absolute Gasteiger partial charge is 0.264 e. The van der Waals surface area contributed by atoms with E-state index in [1.807, 2.05) is 79.0 Å². The van der Waals surface area contributed by atoms with E-state index in [1.165, 1.54) is 0 Å². The number of rotatable bonds is 5. The lowest BCUT2D eigenvalue weighted by Crippen LogP contribution is -2.33. The Balaban J connectivity index is 1.72. The average molecular weight is 414 g/mol. The molecule has 0 unspecified atom stereocenters. The van der Waals surface area contributed by atoms with Gasteiger partial charge in [0.05, 0.1) is 11.4 Å². The molecule has 0 aliphatic carbocycles. The maximum absolute atomic E-state index is 4.88. The van der Waals surface area contributed by atoms with Crippen LogP contribution >= 0.6 is 0 Å². The van der Waals surface area contributed by atoms with E-state index in [9.17, 15) is 0 Å². The first-order valence-corrected chi connectivity index (χ1v) is 10.3. The summed E-state index contributed by atoms with van der Waals surface area (Å²) in [7, 11) is 0. The Hall–Kier alpha value is -4.44. The third-order valence-electron chi connectivity index (χ3n) is 5.35. The van der Waals surface area contributed by atoms with Crippen molar-refractivity contribution < 1.29 is 4.57 Å². The molecule has 1 heterocycles. The first kappa shape index (κ1) is 19.5. The molecule has 0 bridgehead atoms. The number of hydrogen-bond acceptors (Lipinski definition) is 3. The molecule has 0 aliphatic rings. The van der Waals surface area contributed by atoms with Gasteiger partial charge >= 0.3 is 0 Å². The van der Waals surface area contributed by atoms with Crippen molar-refractivity contribution >= 4 is 52.4 Å². The van der Waals surface area contributed by atoms with E-state index in [0.717, 1.165) is 50.3 Å². The van der Waals surface area contributed by atoms with E-state index in [1.54, 1.807) is 0 Å². The molecule has 0 atom stereocenters. The Bertz CT molecular complexity index is 1500. The highest BCUT2D eigenvalue weighted by atomic mass is 15.0. The van der Waals surface area contributed by atoms with Crippen molar-refractivity contribution in [1.29, 1.82) is 0 Å². The van der Waals surface area contributed by atoms with Crippen LogP contribution in [0.5, 0.6) is 0 Å². The maximum atomic E-state index is 4.88. The molecule has 0 spiro atoms. The highest BCUT2D eigenvalue weighted by molar-refractivity contribution is 5.87. The van der Waals surface area contributed by atoms with E-state index >= 15 is 0 Å². The van der Waals surface area contributed by atoms with Crippen LogP contribution in [0.2, 0.25) is 0 Å². The average Bonchev–Trinajstić information content (AvgIpc) is 2.86. The molecule has 5 aromatic rings. The summed E-state index contributed by atoms with van der Waals surface area (Å²) in [5.41, 5.74) is 8.52. The fourth-order valence-electron chi connectivity index (χ4n) is 3.78. The molecule has 4 aromatic carbocycles. The first-order chi connectivity index (χ1) is 15.7. The second-order valence-corrected chi connectivity index (χ2v) is 7.42. The van der Waals surface area contributed by atoms with E-state index in [4.69, 9.17) is 9.98 Å². The van der Waals surface area contributed by atoms with Gasteiger partial charge in [0, 0.05) is 30.5 Å². The van der Waals surface area contributed by atoms with Gasteiger partial charge in [-0.1, -0.05) is 49.1 Å². The van der Waals surface area contributed by atoms with Crippen molar-refractivity contribution in [2.24, 2.45) is 9.98 Å². The number of benzene rings is 4. The number of hydrogen-bond donors (Lipinski definition) is 0. The molecule has 5 rings (SSSR count). The second-order valence-electron chi connectivity index (χ2n) is 7.42. The number of fused-ring (bicyclic) bond motifs is 2. The zero-order valence-corrected chi connectivity index (χ0v) is 17.5. The predicted molar refractivity (Wildman–Crippen MR) is 134 cm³/mol. The summed E-state index contributed by atoms with van der Waals surface area (Å²) < 4.78 is 2.20. The van der Waals surface area contributed by atoms with Crippen LogP contribution in [0.3, 0.4) is 0 Å². The molecule has 4 heteroatoms. The molecular formula is C28H21N4+. The summed E-state index contributed by atoms with van der Waals surface area (Å²) in [4.78, 5) is 13.7. The first-order valence-electron chi connectivity index (χ1n) is 10.3. The van der Waals surface area contributed by atoms with Crippen LogP contribution in [0.25, 0.3) is 33.8 Å². The van der Waals surface area contributed by atoms with Gasteiger partial charge in [-0.05, 0) is 48.2 Å². The number of aliphatic imine (C=N–C) groups is 2. The van der Waals surface area contributed by atoms with Crippen molar-refractivity contribution in [3.05, 3.63) is 109 Å². The van der Waals surface area contributed by atoms with Gasteiger partial charge in [0.15, 0.2) is 0 Å². The Labute approximate surface area is 186 Å². The topological polar surface area (TPSA) is 41.5 Å². The van der Waals surface area contributed by atoms with Crippen LogP contribution < -0.4 is 4.57 Å². The predicted octanol–water partition coefficient (Wildman–Crippen LogP) is 6.39. The minimum absolute atomic E-state index is 0.805. The Morgan fingerprint density at radius 3 is 2.12 bits per heavy atom. The SMILES string of the molecule is C=Cc1cccc(C=Nc2ccc3nc4ccc(N=C)cc4[n+](-c4ccccc4)c3c2)c1. The Kier molecular flexibility index (Phi) is 5.10. The van der Waals surface area contributed by atoms with E-state index in [2.05, 4.69) is 47.1 Å².